The average Bonchev–Trinajstić information content (AvgIpc) is 2.35. The van der Waals surface area contributed by atoms with E-state index in [4.69, 9.17) is 5.26 Å². The lowest BCUT2D eigenvalue weighted by molar-refractivity contribution is 0.235. The number of aliphatic hydroxyl groups is 1. The molecule has 0 aliphatic heterocycles. The maximum absolute atomic E-state index is 9.39. The van der Waals surface area contributed by atoms with E-state index in [0.717, 1.165) is 12.0 Å². The molecule has 0 fully saturated rings. The summed E-state index contributed by atoms with van der Waals surface area (Å²) in [5.41, 5.74) is 1.01. The first-order valence-corrected chi connectivity index (χ1v) is 5.98. The number of hydrogen-bond acceptors (Lipinski definition) is 3. The van der Waals surface area contributed by atoms with Crippen LogP contribution in [0.5, 0.6) is 0 Å². The summed E-state index contributed by atoms with van der Waals surface area (Å²) in [5.74, 6) is 0.460. The normalized spacial score (nSPS) is 14.3. The Morgan fingerprint density at radius 1 is 1.29 bits per heavy atom. The van der Waals surface area contributed by atoms with Crippen molar-refractivity contribution >= 4 is 0 Å². The van der Waals surface area contributed by atoms with Crippen LogP contribution < -0.4 is 5.32 Å². The number of nitrogens with zero attached hydrogens (tertiary/aromatic N) is 1. The number of nitriles is 1. The van der Waals surface area contributed by atoms with Gasteiger partial charge in [0, 0.05) is 0 Å². The first kappa shape index (κ1) is 13.7. The lowest BCUT2D eigenvalue weighted by atomic mass is 10.0. The standard InChI is InChI=1S/C14H20N2O/c1-11(2)8-13(9-15)16-14(10-17)12-6-4-3-5-7-12/h3-7,11,13-14,16-17H,8,10H2,1-2H3/t13-,14-/m0/s1. The highest BCUT2D eigenvalue weighted by molar-refractivity contribution is 5.19. The van der Waals surface area contributed by atoms with Crippen LogP contribution in [0.4, 0.5) is 0 Å². The van der Waals surface area contributed by atoms with E-state index >= 15 is 0 Å². The summed E-state index contributed by atoms with van der Waals surface area (Å²) in [4.78, 5) is 0. The molecule has 0 amide bonds. The van der Waals surface area contributed by atoms with Crippen molar-refractivity contribution in [3.8, 4) is 6.07 Å². The summed E-state index contributed by atoms with van der Waals surface area (Å²) < 4.78 is 0. The Kier molecular flexibility index (Phi) is 5.68. The molecule has 1 aromatic rings. The topological polar surface area (TPSA) is 56.0 Å². The highest BCUT2D eigenvalue weighted by Gasteiger charge is 2.16. The fourth-order valence-electron chi connectivity index (χ4n) is 1.81. The van der Waals surface area contributed by atoms with Crippen molar-refractivity contribution in [3.05, 3.63) is 35.9 Å². The number of benzene rings is 1. The fraction of sp³-hybridized carbons (Fsp3) is 0.500. The fourth-order valence-corrected chi connectivity index (χ4v) is 1.81. The molecule has 0 aliphatic rings. The molecular formula is C14H20N2O. The van der Waals surface area contributed by atoms with E-state index in [2.05, 4.69) is 25.2 Å². The maximum Gasteiger partial charge on any atom is 0.0960 e. The molecule has 1 rings (SSSR count). The molecule has 0 saturated heterocycles. The number of hydrogen-bond donors (Lipinski definition) is 2. The average molecular weight is 232 g/mol. The molecule has 1 aromatic carbocycles. The number of aliphatic hydroxyl groups excluding tert-OH is 1. The van der Waals surface area contributed by atoms with E-state index in [1.54, 1.807) is 0 Å². The van der Waals surface area contributed by atoms with Gasteiger partial charge in [0.25, 0.3) is 0 Å². The number of rotatable bonds is 6. The molecule has 0 radical (unpaired) electrons. The third kappa shape index (κ3) is 4.56. The van der Waals surface area contributed by atoms with Crippen molar-refractivity contribution in [1.29, 1.82) is 5.26 Å². The quantitative estimate of drug-likeness (QED) is 0.791. The molecule has 92 valence electrons. The summed E-state index contributed by atoms with van der Waals surface area (Å²) >= 11 is 0. The summed E-state index contributed by atoms with van der Waals surface area (Å²) in [5, 5.41) is 21.6. The Balaban J connectivity index is 2.66. The molecule has 0 unspecified atom stereocenters. The first-order chi connectivity index (χ1) is 8.17. The molecule has 0 heterocycles. The zero-order valence-electron chi connectivity index (χ0n) is 10.4. The predicted octanol–water partition coefficient (Wildman–Crippen LogP) is 2.25. The second-order valence-electron chi connectivity index (χ2n) is 4.62. The van der Waals surface area contributed by atoms with Gasteiger partial charge in [0.2, 0.25) is 0 Å². The van der Waals surface area contributed by atoms with Gasteiger partial charge in [-0.25, -0.2) is 0 Å². The molecule has 2 N–H and O–H groups in total. The molecule has 0 spiro atoms. The SMILES string of the molecule is CC(C)C[C@@H](C#N)N[C@@H](CO)c1ccccc1. The number of nitrogens with one attached hydrogen (secondary N) is 1. The van der Waals surface area contributed by atoms with Gasteiger partial charge in [-0.2, -0.15) is 5.26 Å². The van der Waals surface area contributed by atoms with Crippen molar-refractivity contribution in [2.75, 3.05) is 6.61 Å². The van der Waals surface area contributed by atoms with Crippen LogP contribution in [-0.4, -0.2) is 17.8 Å². The minimum absolute atomic E-state index is 0.000286. The Morgan fingerprint density at radius 2 is 1.94 bits per heavy atom. The van der Waals surface area contributed by atoms with Gasteiger partial charge < -0.3 is 5.11 Å². The summed E-state index contributed by atoms with van der Waals surface area (Å²) in [6.07, 6.45) is 0.792. The van der Waals surface area contributed by atoms with E-state index in [9.17, 15) is 5.11 Å². The van der Waals surface area contributed by atoms with Gasteiger partial charge in [-0.1, -0.05) is 44.2 Å². The highest BCUT2D eigenvalue weighted by Crippen LogP contribution is 2.14. The van der Waals surface area contributed by atoms with E-state index in [0.29, 0.717) is 5.92 Å². The van der Waals surface area contributed by atoms with Gasteiger partial charge in [0.1, 0.15) is 0 Å². The minimum atomic E-state index is -0.215. The molecule has 0 saturated carbocycles. The third-order valence-electron chi connectivity index (χ3n) is 2.65. The second kappa shape index (κ2) is 7.05. The Hall–Kier alpha value is -1.37. The predicted molar refractivity (Wildman–Crippen MR) is 68.3 cm³/mol. The summed E-state index contributed by atoms with van der Waals surface area (Å²) in [6.45, 7) is 4.17. The second-order valence-corrected chi connectivity index (χ2v) is 4.62. The maximum atomic E-state index is 9.39. The Labute approximate surface area is 103 Å². The Bertz CT molecular complexity index is 356. The van der Waals surface area contributed by atoms with Crippen LogP contribution in [0.25, 0.3) is 0 Å². The van der Waals surface area contributed by atoms with Crippen LogP contribution in [0.15, 0.2) is 30.3 Å². The van der Waals surface area contributed by atoms with E-state index < -0.39 is 0 Å². The summed E-state index contributed by atoms with van der Waals surface area (Å²) in [6, 6.07) is 11.6. The first-order valence-electron chi connectivity index (χ1n) is 5.98. The van der Waals surface area contributed by atoms with Crippen molar-refractivity contribution in [2.45, 2.75) is 32.4 Å². The van der Waals surface area contributed by atoms with E-state index in [-0.39, 0.29) is 18.7 Å². The van der Waals surface area contributed by atoms with Crippen LogP contribution in [0.3, 0.4) is 0 Å². The molecule has 0 aliphatic carbocycles. The summed E-state index contributed by atoms with van der Waals surface area (Å²) in [7, 11) is 0. The minimum Gasteiger partial charge on any atom is -0.394 e. The van der Waals surface area contributed by atoms with Crippen molar-refractivity contribution in [3.63, 3.8) is 0 Å². The molecule has 2 atom stereocenters. The van der Waals surface area contributed by atoms with Crippen LogP contribution in [0, 0.1) is 17.2 Å². The molecule has 17 heavy (non-hydrogen) atoms. The van der Waals surface area contributed by atoms with Crippen LogP contribution in [0.2, 0.25) is 0 Å². The van der Waals surface area contributed by atoms with Crippen LogP contribution in [0.1, 0.15) is 31.9 Å². The Morgan fingerprint density at radius 3 is 2.41 bits per heavy atom. The van der Waals surface area contributed by atoms with Gasteiger partial charge in [0.05, 0.1) is 24.8 Å². The van der Waals surface area contributed by atoms with Crippen molar-refractivity contribution in [1.82, 2.24) is 5.32 Å². The smallest absolute Gasteiger partial charge is 0.0960 e. The third-order valence-corrected chi connectivity index (χ3v) is 2.65. The van der Waals surface area contributed by atoms with E-state index in [1.165, 1.54) is 0 Å². The van der Waals surface area contributed by atoms with Crippen LogP contribution >= 0.6 is 0 Å². The van der Waals surface area contributed by atoms with E-state index in [1.807, 2.05) is 30.3 Å². The largest absolute Gasteiger partial charge is 0.394 e. The van der Waals surface area contributed by atoms with Gasteiger partial charge in [0.15, 0.2) is 0 Å². The molecule has 3 heteroatoms. The zero-order valence-corrected chi connectivity index (χ0v) is 10.4. The van der Waals surface area contributed by atoms with Crippen molar-refractivity contribution in [2.24, 2.45) is 5.92 Å². The van der Waals surface area contributed by atoms with Gasteiger partial charge >= 0.3 is 0 Å². The highest BCUT2D eigenvalue weighted by atomic mass is 16.3. The monoisotopic (exact) mass is 232 g/mol. The van der Waals surface area contributed by atoms with Crippen LogP contribution in [-0.2, 0) is 0 Å². The molecule has 3 nitrogen and oxygen atoms in total. The zero-order chi connectivity index (χ0) is 12.7. The van der Waals surface area contributed by atoms with Gasteiger partial charge in [-0.3, -0.25) is 5.32 Å². The molecule has 0 bridgehead atoms. The lowest BCUT2D eigenvalue weighted by Gasteiger charge is -2.21. The van der Waals surface area contributed by atoms with Gasteiger partial charge in [-0.05, 0) is 17.9 Å². The lowest BCUT2D eigenvalue weighted by Crippen LogP contribution is -2.34. The van der Waals surface area contributed by atoms with Crippen molar-refractivity contribution < 1.29 is 5.11 Å². The molecule has 0 aromatic heterocycles. The van der Waals surface area contributed by atoms with Gasteiger partial charge in [-0.15, -0.1) is 0 Å². The molecular weight excluding hydrogens is 212 g/mol.